The summed E-state index contributed by atoms with van der Waals surface area (Å²) in [6.07, 6.45) is 3.88. The molecular formula is C17H19FN2O. The van der Waals surface area contributed by atoms with Crippen LogP contribution in [0.1, 0.15) is 42.2 Å². The summed E-state index contributed by atoms with van der Waals surface area (Å²) in [5.74, 6) is 0.458. The van der Waals surface area contributed by atoms with E-state index >= 15 is 0 Å². The van der Waals surface area contributed by atoms with Crippen LogP contribution in [0.2, 0.25) is 0 Å². The largest absolute Gasteiger partial charge is 0.496 e. The predicted molar refractivity (Wildman–Crippen MR) is 79.8 cm³/mol. The van der Waals surface area contributed by atoms with Crippen LogP contribution in [-0.4, -0.2) is 12.1 Å². The van der Waals surface area contributed by atoms with Gasteiger partial charge in [0.25, 0.3) is 0 Å². The van der Waals surface area contributed by atoms with Crippen molar-refractivity contribution in [1.82, 2.24) is 10.3 Å². The second-order valence-electron chi connectivity index (χ2n) is 5.41. The summed E-state index contributed by atoms with van der Waals surface area (Å²) in [6.45, 7) is 2.03. The third kappa shape index (κ3) is 2.76. The zero-order valence-corrected chi connectivity index (χ0v) is 12.3. The lowest BCUT2D eigenvalue weighted by Gasteiger charge is -2.22. The third-order valence-corrected chi connectivity index (χ3v) is 4.07. The van der Waals surface area contributed by atoms with Crippen LogP contribution in [0.15, 0.2) is 36.5 Å². The van der Waals surface area contributed by atoms with Gasteiger partial charge in [-0.25, -0.2) is 4.39 Å². The van der Waals surface area contributed by atoms with Gasteiger partial charge >= 0.3 is 0 Å². The van der Waals surface area contributed by atoms with Gasteiger partial charge in [-0.15, -0.1) is 0 Å². The van der Waals surface area contributed by atoms with Crippen molar-refractivity contribution in [3.8, 4) is 5.75 Å². The number of ether oxygens (including phenoxy) is 1. The summed E-state index contributed by atoms with van der Waals surface area (Å²) in [7, 11) is 1.61. The summed E-state index contributed by atoms with van der Waals surface area (Å²) < 4.78 is 18.8. The monoisotopic (exact) mass is 286 g/mol. The first kappa shape index (κ1) is 14.0. The molecule has 0 aliphatic heterocycles. The van der Waals surface area contributed by atoms with Crippen LogP contribution in [0.3, 0.4) is 0 Å². The number of hydrogen-bond acceptors (Lipinski definition) is 3. The number of fused-ring (bicyclic) bond motifs is 1. The van der Waals surface area contributed by atoms with E-state index in [0.29, 0.717) is 5.75 Å². The lowest BCUT2D eigenvalue weighted by molar-refractivity contribution is 0.390. The molecule has 0 saturated heterocycles. The lowest BCUT2D eigenvalue weighted by atomic mass is 10.1. The van der Waals surface area contributed by atoms with Gasteiger partial charge in [-0.2, -0.15) is 0 Å². The topological polar surface area (TPSA) is 34.1 Å². The summed E-state index contributed by atoms with van der Waals surface area (Å²) in [6, 6.07) is 8.92. The number of halogens is 1. The maximum atomic E-state index is 13.5. The van der Waals surface area contributed by atoms with Gasteiger partial charge in [0, 0.05) is 17.8 Å². The molecule has 1 aromatic heterocycles. The first-order valence-electron chi connectivity index (χ1n) is 7.22. The molecule has 2 aromatic rings. The molecule has 3 nitrogen and oxygen atoms in total. The number of methoxy groups -OCH3 is 1. The molecular weight excluding hydrogens is 267 g/mol. The van der Waals surface area contributed by atoms with Gasteiger partial charge in [-0.05, 0) is 49.6 Å². The zero-order valence-electron chi connectivity index (χ0n) is 12.3. The van der Waals surface area contributed by atoms with E-state index in [-0.39, 0.29) is 17.9 Å². The fraction of sp³-hybridized carbons (Fsp3) is 0.353. The zero-order chi connectivity index (χ0) is 14.8. The molecule has 0 saturated carbocycles. The Balaban J connectivity index is 1.82. The molecule has 1 aliphatic carbocycles. The minimum atomic E-state index is -0.246. The van der Waals surface area contributed by atoms with Crippen LogP contribution in [0.25, 0.3) is 0 Å². The Morgan fingerprint density at radius 3 is 3.05 bits per heavy atom. The summed E-state index contributed by atoms with van der Waals surface area (Å²) in [4.78, 5) is 4.48. The van der Waals surface area contributed by atoms with Crippen LogP contribution < -0.4 is 10.1 Å². The maximum absolute atomic E-state index is 13.5. The molecule has 1 aromatic carbocycles. The molecule has 0 radical (unpaired) electrons. The van der Waals surface area contributed by atoms with E-state index in [9.17, 15) is 4.39 Å². The molecule has 2 atom stereocenters. The van der Waals surface area contributed by atoms with E-state index in [1.165, 1.54) is 17.7 Å². The Hall–Kier alpha value is -1.94. The average molecular weight is 286 g/mol. The Bertz CT molecular complexity index is 644. The first-order chi connectivity index (χ1) is 10.2. The molecule has 2 unspecified atom stereocenters. The highest BCUT2D eigenvalue weighted by Gasteiger charge is 2.25. The average Bonchev–Trinajstić information content (AvgIpc) is 2.90. The molecule has 0 fully saturated rings. The van der Waals surface area contributed by atoms with Gasteiger partial charge in [-0.3, -0.25) is 4.98 Å². The SMILES string of the molecule is COc1ccc(F)cc1C(C)NC1CCc2cccnc21. The molecule has 0 amide bonds. The van der Waals surface area contributed by atoms with Gasteiger partial charge in [0.15, 0.2) is 0 Å². The highest BCUT2D eigenvalue weighted by Crippen LogP contribution is 2.33. The molecule has 1 N–H and O–H groups in total. The van der Waals surface area contributed by atoms with Gasteiger partial charge in [-0.1, -0.05) is 6.07 Å². The standard InChI is InChI=1S/C17H19FN2O/c1-11(14-10-13(18)6-8-16(14)21-2)20-15-7-5-12-4-3-9-19-17(12)15/h3-4,6,8-11,15,20H,5,7H2,1-2H3. The molecule has 110 valence electrons. The van der Waals surface area contributed by atoms with Crippen LogP contribution in [0.4, 0.5) is 4.39 Å². The Morgan fingerprint density at radius 1 is 1.38 bits per heavy atom. The van der Waals surface area contributed by atoms with Crippen molar-refractivity contribution in [3.05, 3.63) is 59.2 Å². The molecule has 21 heavy (non-hydrogen) atoms. The van der Waals surface area contributed by atoms with Crippen molar-refractivity contribution in [3.63, 3.8) is 0 Å². The number of aromatic nitrogens is 1. The highest BCUT2D eigenvalue weighted by atomic mass is 19.1. The fourth-order valence-electron chi connectivity index (χ4n) is 3.01. The second-order valence-corrected chi connectivity index (χ2v) is 5.41. The number of benzene rings is 1. The summed E-state index contributed by atoms with van der Waals surface area (Å²) in [5.41, 5.74) is 3.25. The smallest absolute Gasteiger partial charge is 0.123 e. The van der Waals surface area contributed by atoms with Crippen molar-refractivity contribution in [1.29, 1.82) is 0 Å². The maximum Gasteiger partial charge on any atom is 0.123 e. The van der Waals surface area contributed by atoms with Crippen LogP contribution in [0.5, 0.6) is 5.75 Å². The highest BCUT2D eigenvalue weighted by molar-refractivity contribution is 5.37. The quantitative estimate of drug-likeness (QED) is 0.933. The third-order valence-electron chi connectivity index (χ3n) is 4.07. The van der Waals surface area contributed by atoms with Crippen molar-refractivity contribution < 1.29 is 9.13 Å². The van der Waals surface area contributed by atoms with Gasteiger partial charge in [0.2, 0.25) is 0 Å². The van der Waals surface area contributed by atoms with Crippen molar-refractivity contribution in [2.75, 3.05) is 7.11 Å². The van der Waals surface area contributed by atoms with Gasteiger partial charge in [0.05, 0.1) is 18.8 Å². The van der Waals surface area contributed by atoms with E-state index in [1.807, 2.05) is 19.2 Å². The lowest BCUT2D eigenvalue weighted by Crippen LogP contribution is -2.24. The normalized spacial score (nSPS) is 18.3. The second kappa shape index (κ2) is 5.82. The van der Waals surface area contributed by atoms with E-state index in [2.05, 4.69) is 16.4 Å². The van der Waals surface area contributed by atoms with E-state index in [0.717, 1.165) is 24.1 Å². The number of aryl methyl sites for hydroxylation is 1. The van der Waals surface area contributed by atoms with Crippen LogP contribution in [0, 0.1) is 5.82 Å². The van der Waals surface area contributed by atoms with Gasteiger partial charge in [0.1, 0.15) is 11.6 Å². The molecule has 3 rings (SSSR count). The first-order valence-corrected chi connectivity index (χ1v) is 7.22. The fourth-order valence-corrected chi connectivity index (χ4v) is 3.01. The predicted octanol–water partition coefficient (Wildman–Crippen LogP) is 3.57. The van der Waals surface area contributed by atoms with Crippen LogP contribution in [-0.2, 0) is 6.42 Å². The molecule has 0 bridgehead atoms. The number of hydrogen-bond donors (Lipinski definition) is 1. The van der Waals surface area contributed by atoms with Crippen LogP contribution >= 0.6 is 0 Å². The Labute approximate surface area is 124 Å². The summed E-state index contributed by atoms with van der Waals surface area (Å²) >= 11 is 0. The van der Waals surface area contributed by atoms with Crippen molar-refractivity contribution in [2.45, 2.75) is 31.8 Å². The Morgan fingerprint density at radius 2 is 2.24 bits per heavy atom. The minimum absolute atomic E-state index is 0.00592. The molecule has 4 heteroatoms. The minimum Gasteiger partial charge on any atom is -0.496 e. The van der Waals surface area contributed by atoms with Gasteiger partial charge < -0.3 is 10.1 Å². The van der Waals surface area contributed by atoms with E-state index in [4.69, 9.17) is 4.74 Å². The number of nitrogens with zero attached hydrogens (tertiary/aromatic N) is 1. The van der Waals surface area contributed by atoms with Crippen molar-refractivity contribution in [2.24, 2.45) is 0 Å². The van der Waals surface area contributed by atoms with E-state index < -0.39 is 0 Å². The molecule has 0 spiro atoms. The van der Waals surface area contributed by atoms with Crippen molar-refractivity contribution >= 4 is 0 Å². The molecule has 1 heterocycles. The Kier molecular flexibility index (Phi) is 3.88. The van der Waals surface area contributed by atoms with E-state index in [1.54, 1.807) is 13.2 Å². The molecule has 1 aliphatic rings. The number of nitrogens with one attached hydrogen (secondary N) is 1. The number of pyridine rings is 1. The summed E-state index contributed by atoms with van der Waals surface area (Å²) in [5, 5.41) is 3.54. The number of rotatable bonds is 4.